The molecule has 2 rings (SSSR count). The molecule has 32 heavy (non-hydrogen) atoms. The van der Waals surface area contributed by atoms with Crippen molar-refractivity contribution in [1.82, 2.24) is 10.2 Å². The van der Waals surface area contributed by atoms with Crippen LogP contribution < -0.4 is 10.1 Å². The summed E-state index contributed by atoms with van der Waals surface area (Å²) in [6.07, 6.45) is 0.675. The third kappa shape index (κ3) is 8.03. The lowest BCUT2D eigenvalue weighted by molar-refractivity contribution is -0.141. The molecule has 0 spiro atoms. The van der Waals surface area contributed by atoms with Gasteiger partial charge in [-0.25, -0.2) is 0 Å². The molecule has 0 aromatic heterocycles. The van der Waals surface area contributed by atoms with Crippen LogP contribution in [0, 0.1) is 5.92 Å². The second kappa shape index (κ2) is 11.7. The monoisotopic (exact) mass is 438 g/mol. The van der Waals surface area contributed by atoms with Crippen molar-refractivity contribution in [3.63, 3.8) is 0 Å². The summed E-state index contributed by atoms with van der Waals surface area (Å²) < 4.78 is 5.77. The van der Waals surface area contributed by atoms with Gasteiger partial charge in [-0.15, -0.1) is 0 Å². The Morgan fingerprint density at radius 3 is 2.16 bits per heavy atom. The molecule has 2 aromatic carbocycles. The van der Waals surface area contributed by atoms with Gasteiger partial charge in [0.2, 0.25) is 5.91 Å². The van der Waals surface area contributed by atoms with Gasteiger partial charge in [0, 0.05) is 13.1 Å². The molecule has 0 radical (unpaired) electrons. The van der Waals surface area contributed by atoms with Crippen molar-refractivity contribution in [3.8, 4) is 5.75 Å². The Hall–Kier alpha value is -2.82. The Kier molecular flexibility index (Phi) is 9.30. The van der Waals surface area contributed by atoms with E-state index >= 15 is 0 Å². The highest BCUT2D eigenvalue weighted by atomic mass is 16.5. The van der Waals surface area contributed by atoms with E-state index in [0.29, 0.717) is 31.2 Å². The molecule has 5 nitrogen and oxygen atoms in total. The molecule has 0 saturated carbocycles. The number of hydrogen-bond acceptors (Lipinski definition) is 3. The van der Waals surface area contributed by atoms with Crippen LogP contribution in [0.4, 0.5) is 0 Å². The van der Waals surface area contributed by atoms with E-state index in [4.69, 9.17) is 4.74 Å². The number of nitrogens with one attached hydrogen (secondary N) is 1. The molecule has 0 bridgehead atoms. The van der Waals surface area contributed by atoms with Crippen molar-refractivity contribution in [2.75, 3.05) is 19.7 Å². The minimum Gasteiger partial charge on any atom is -0.484 e. The van der Waals surface area contributed by atoms with Gasteiger partial charge in [0.1, 0.15) is 11.8 Å². The minimum absolute atomic E-state index is 0.0569. The van der Waals surface area contributed by atoms with Gasteiger partial charge >= 0.3 is 0 Å². The fraction of sp³-hybridized carbons (Fsp3) is 0.481. The fourth-order valence-electron chi connectivity index (χ4n) is 3.30. The normalized spacial score (nSPS) is 12.3. The maximum atomic E-state index is 13.1. The number of carbonyl (C=O) groups is 2. The summed E-state index contributed by atoms with van der Waals surface area (Å²) in [5, 5.41) is 2.94. The molecule has 0 saturated heterocycles. The number of rotatable bonds is 10. The number of amides is 2. The smallest absolute Gasteiger partial charge is 0.261 e. The minimum atomic E-state index is -0.572. The van der Waals surface area contributed by atoms with Gasteiger partial charge < -0.3 is 15.0 Å². The molecule has 2 aromatic rings. The van der Waals surface area contributed by atoms with E-state index in [0.717, 1.165) is 5.56 Å². The first kappa shape index (κ1) is 25.4. The Morgan fingerprint density at radius 2 is 1.59 bits per heavy atom. The molecule has 0 fully saturated rings. The molecule has 0 aliphatic rings. The zero-order chi connectivity index (χ0) is 23.7. The lowest BCUT2D eigenvalue weighted by Crippen LogP contribution is -2.50. The lowest BCUT2D eigenvalue weighted by Gasteiger charge is -2.29. The summed E-state index contributed by atoms with van der Waals surface area (Å²) in [5.41, 5.74) is 2.39. The molecule has 0 aliphatic heterocycles. The van der Waals surface area contributed by atoms with Crippen LogP contribution in [0.15, 0.2) is 54.6 Å². The highest BCUT2D eigenvalue weighted by Gasteiger charge is 2.26. The summed E-state index contributed by atoms with van der Waals surface area (Å²) >= 11 is 0. The van der Waals surface area contributed by atoms with Crippen molar-refractivity contribution in [2.45, 2.75) is 59.4 Å². The fourth-order valence-corrected chi connectivity index (χ4v) is 3.30. The van der Waals surface area contributed by atoms with Crippen molar-refractivity contribution in [3.05, 3.63) is 65.7 Å². The van der Waals surface area contributed by atoms with Crippen molar-refractivity contribution < 1.29 is 14.3 Å². The number of nitrogens with zero attached hydrogens (tertiary/aromatic N) is 1. The number of carbonyl (C=O) groups excluding carboxylic acids is 2. The Labute approximate surface area is 193 Å². The Balaban J connectivity index is 2.05. The topological polar surface area (TPSA) is 58.6 Å². The molecule has 1 N–H and O–H groups in total. The van der Waals surface area contributed by atoms with Gasteiger partial charge in [-0.3, -0.25) is 9.59 Å². The van der Waals surface area contributed by atoms with Crippen molar-refractivity contribution in [1.29, 1.82) is 0 Å². The van der Waals surface area contributed by atoms with E-state index in [1.807, 2.05) is 68.4 Å². The van der Waals surface area contributed by atoms with Crippen LogP contribution in [0.2, 0.25) is 0 Å². The first-order chi connectivity index (χ1) is 15.1. The second-order valence-electron chi connectivity index (χ2n) is 9.70. The van der Waals surface area contributed by atoms with Gasteiger partial charge in [0.25, 0.3) is 5.91 Å². The molecule has 0 unspecified atom stereocenters. The van der Waals surface area contributed by atoms with Crippen LogP contribution in [-0.4, -0.2) is 42.5 Å². The zero-order valence-corrected chi connectivity index (χ0v) is 20.4. The number of hydrogen-bond donors (Lipinski definition) is 1. The van der Waals surface area contributed by atoms with Gasteiger partial charge in [-0.05, 0) is 47.9 Å². The van der Waals surface area contributed by atoms with Crippen molar-refractivity contribution >= 4 is 11.8 Å². The predicted octanol–water partition coefficient (Wildman–Crippen LogP) is 4.59. The van der Waals surface area contributed by atoms with E-state index in [1.165, 1.54) is 5.56 Å². The third-order valence-corrected chi connectivity index (χ3v) is 5.42. The summed E-state index contributed by atoms with van der Waals surface area (Å²) in [6, 6.07) is 17.2. The zero-order valence-electron chi connectivity index (χ0n) is 20.4. The van der Waals surface area contributed by atoms with Crippen LogP contribution in [0.1, 0.15) is 52.7 Å². The summed E-state index contributed by atoms with van der Waals surface area (Å²) in [5.74, 6) is 0.646. The molecular formula is C27H38N2O3. The molecule has 0 aliphatic carbocycles. The summed E-state index contributed by atoms with van der Waals surface area (Å²) in [7, 11) is 0. The average molecular weight is 439 g/mol. The highest BCUT2D eigenvalue weighted by Crippen LogP contribution is 2.24. The molecule has 0 heterocycles. The molecule has 174 valence electrons. The van der Waals surface area contributed by atoms with Crippen LogP contribution in [0.3, 0.4) is 0 Å². The quantitative estimate of drug-likeness (QED) is 0.590. The van der Waals surface area contributed by atoms with Crippen molar-refractivity contribution in [2.24, 2.45) is 5.92 Å². The van der Waals surface area contributed by atoms with E-state index in [9.17, 15) is 9.59 Å². The van der Waals surface area contributed by atoms with E-state index in [2.05, 4.69) is 26.1 Å². The van der Waals surface area contributed by atoms with Gasteiger partial charge in [0.05, 0.1) is 0 Å². The van der Waals surface area contributed by atoms with E-state index in [-0.39, 0.29) is 23.8 Å². The largest absolute Gasteiger partial charge is 0.484 e. The van der Waals surface area contributed by atoms with Crippen LogP contribution in [0.25, 0.3) is 0 Å². The summed E-state index contributed by atoms with van der Waals surface area (Å²) in [6.45, 7) is 13.3. The Morgan fingerprint density at radius 1 is 0.969 bits per heavy atom. The number of ether oxygens (including phenoxy) is 1. The highest BCUT2D eigenvalue weighted by molar-refractivity contribution is 5.88. The standard InChI is InChI=1S/C27H38N2O3/c1-20(2)18-28-26(31)21(3)29(17-16-22-10-8-7-9-11-22)25(30)19-32-24-14-12-23(13-15-24)27(4,5)6/h7-15,20-21H,16-19H2,1-6H3,(H,28,31)/t21-/m1/s1. The lowest BCUT2D eigenvalue weighted by atomic mass is 9.87. The van der Waals surface area contributed by atoms with Gasteiger partial charge in [-0.1, -0.05) is 77.1 Å². The van der Waals surface area contributed by atoms with Gasteiger partial charge in [0.15, 0.2) is 6.61 Å². The molecular weight excluding hydrogens is 400 g/mol. The van der Waals surface area contributed by atoms with Crippen LogP contribution >= 0.6 is 0 Å². The second-order valence-corrected chi connectivity index (χ2v) is 9.70. The first-order valence-electron chi connectivity index (χ1n) is 11.4. The Bertz CT molecular complexity index is 855. The average Bonchev–Trinajstić information content (AvgIpc) is 2.76. The maximum absolute atomic E-state index is 13.1. The van der Waals surface area contributed by atoms with E-state index in [1.54, 1.807) is 11.8 Å². The SMILES string of the molecule is CC(C)CNC(=O)[C@@H](C)N(CCc1ccccc1)C(=O)COc1ccc(C(C)(C)C)cc1. The maximum Gasteiger partial charge on any atom is 0.261 e. The van der Waals surface area contributed by atoms with E-state index < -0.39 is 6.04 Å². The van der Waals surface area contributed by atoms with Crippen LogP contribution in [0.5, 0.6) is 5.75 Å². The molecule has 5 heteroatoms. The summed E-state index contributed by atoms with van der Waals surface area (Å²) in [4.78, 5) is 27.4. The first-order valence-corrected chi connectivity index (χ1v) is 11.4. The third-order valence-electron chi connectivity index (χ3n) is 5.42. The molecule has 1 atom stereocenters. The van der Waals surface area contributed by atoms with Gasteiger partial charge in [-0.2, -0.15) is 0 Å². The predicted molar refractivity (Wildman–Crippen MR) is 130 cm³/mol. The molecule has 2 amide bonds. The van der Waals surface area contributed by atoms with Crippen LogP contribution in [-0.2, 0) is 21.4 Å². The number of benzene rings is 2.